The summed E-state index contributed by atoms with van der Waals surface area (Å²) >= 11 is 0. The second kappa shape index (κ2) is 7.53. The molecule has 0 aliphatic heterocycles. The zero-order valence-electron chi connectivity index (χ0n) is 13.0. The van der Waals surface area contributed by atoms with Crippen LogP contribution in [0.3, 0.4) is 0 Å². The van der Waals surface area contributed by atoms with Gasteiger partial charge < -0.3 is 10.2 Å². The van der Waals surface area contributed by atoms with E-state index in [2.05, 4.69) is 27.4 Å². The number of allylic oxidation sites excluding steroid dienone is 1. The summed E-state index contributed by atoms with van der Waals surface area (Å²) in [5, 5.41) is 18.2. The van der Waals surface area contributed by atoms with Gasteiger partial charge in [-0.1, -0.05) is 57.2 Å². The van der Waals surface area contributed by atoms with E-state index in [9.17, 15) is 5.11 Å². The molecular formula is C19H24O2. The van der Waals surface area contributed by atoms with Gasteiger partial charge in [-0.15, -0.1) is 6.58 Å². The quantitative estimate of drug-likeness (QED) is 0.777. The molecule has 0 radical (unpaired) electrons. The number of hydrogen-bond acceptors (Lipinski definition) is 2. The number of rotatable bonds is 2. The van der Waals surface area contributed by atoms with Crippen molar-refractivity contribution in [2.75, 3.05) is 0 Å². The van der Waals surface area contributed by atoms with Crippen LogP contribution in [0.2, 0.25) is 0 Å². The highest BCUT2D eigenvalue weighted by molar-refractivity contribution is 5.33. The molecule has 0 aromatic heterocycles. The smallest absolute Gasteiger partial charge is 0.119 e. The van der Waals surface area contributed by atoms with E-state index >= 15 is 0 Å². The molecular weight excluding hydrogens is 260 g/mol. The van der Waals surface area contributed by atoms with Crippen LogP contribution in [0.5, 0.6) is 11.5 Å². The summed E-state index contributed by atoms with van der Waals surface area (Å²) in [6.07, 6.45) is 2.50. The Morgan fingerprint density at radius 1 is 0.952 bits per heavy atom. The Morgan fingerprint density at radius 2 is 1.52 bits per heavy atom. The average Bonchev–Trinajstić information content (AvgIpc) is 2.42. The minimum Gasteiger partial charge on any atom is -0.508 e. The summed E-state index contributed by atoms with van der Waals surface area (Å²) in [6.45, 7) is 10.0. The summed E-state index contributed by atoms with van der Waals surface area (Å²) in [5.41, 5.74) is 2.35. The van der Waals surface area contributed by atoms with E-state index in [1.54, 1.807) is 24.3 Å². The van der Waals surface area contributed by atoms with Gasteiger partial charge in [-0.3, -0.25) is 0 Å². The number of para-hydroxylation sites is 1. The molecule has 2 nitrogen and oxygen atoms in total. The van der Waals surface area contributed by atoms with Crippen molar-refractivity contribution in [3.05, 3.63) is 72.3 Å². The van der Waals surface area contributed by atoms with Crippen molar-refractivity contribution < 1.29 is 10.2 Å². The molecule has 112 valence electrons. The standard InChI is InChI=1S/C10H14O.C9H10O/c1-10(2,3)8-4-6-9(11)7-5-8;1-2-5-8-6-3-4-7-9(8)10/h4-7,11H,1-3H3;2-4,6-7,10H,1,5H2. The average molecular weight is 284 g/mol. The second-order valence-electron chi connectivity index (χ2n) is 5.92. The van der Waals surface area contributed by atoms with Crippen molar-refractivity contribution >= 4 is 0 Å². The first-order chi connectivity index (χ1) is 9.84. The molecule has 0 spiro atoms. The van der Waals surface area contributed by atoms with Crippen molar-refractivity contribution in [3.8, 4) is 11.5 Å². The number of phenolic OH excluding ortho intramolecular Hbond substituents is 2. The van der Waals surface area contributed by atoms with Crippen LogP contribution in [0.4, 0.5) is 0 Å². The van der Waals surface area contributed by atoms with Crippen molar-refractivity contribution in [1.29, 1.82) is 0 Å². The lowest BCUT2D eigenvalue weighted by Crippen LogP contribution is -2.10. The molecule has 0 unspecified atom stereocenters. The predicted molar refractivity (Wildman–Crippen MR) is 88.8 cm³/mol. The molecule has 2 aromatic rings. The topological polar surface area (TPSA) is 40.5 Å². The Labute approximate surface area is 127 Å². The minimum absolute atomic E-state index is 0.174. The van der Waals surface area contributed by atoms with Crippen LogP contribution < -0.4 is 0 Å². The predicted octanol–water partition coefficient (Wildman–Crippen LogP) is 4.81. The van der Waals surface area contributed by atoms with Crippen molar-refractivity contribution in [2.24, 2.45) is 0 Å². The van der Waals surface area contributed by atoms with E-state index in [-0.39, 0.29) is 5.41 Å². The van der Waals surface area contributed by atoms with Gasteiger partial charge >= 0.3 is 0 Å². The number of aromatic hydroxyl groups is 2. The van der Waals surface area contributed by atoms with Gasteiger partial charge in [0.05, 0.1) is 0 Å². The van der Waals surface area contributed by atoms with Gasteiger partial charge in [0.25, 0.3) is 0 Å². The number of phenols is 2. The molecule has 0 fully saturated rings. The van der Waals surface area contributed by atoms with Crippen LogP contribution in [0.15, 0.2) is 61.2 Å². The zero-order chi connectivity index (χ0) is 15.9. The lowest BCUT2D eigenvalue weighted by atomic mass is 9.87. The van der Waals surface area contributed by atoms with Gasteiger partial charge in [0.1, 0.15) is 11.5 Å². The normalized spacial score (nSPS) is 10.4. The molecule has 21 heavy (non-hydrogen) atoms. The van der Waals surface area contributed by atoms with Crippen LogP contribution in [0, 0.1) is 0 Å². The molecule has 0 bridgehead atoms. The summed E-state index contributed by atoms with van der Waals surface area (Å²) in [5.74, 6) is 0.681. The summed E-state index contributed by atoms with van der Waals surface area (Å²) in [4.78, 5) is 0. The largest absolute Gasteiger partial charge is 0.508 e. The summed E-state index contributed by atoms with van der Waals surface area (Å²) in [7, 11) is 0. The lowest BCUT2D eigenvalue weighted by Gasteiger charge is -2.18. The number of benzene rings is 2. The zero-order valence-corrected chi connectivity index (χ0v) is 13.0. The van der Waals surface area contributed by atoms with Gasteiger partial charge in [-0.25, -0.2) is 0 Å². The maximum absolute atomic E-state index is 9.19. The van der Waals surface area contributed by atoms with E-state index in [1.165, 1.54) is 5.56 Å². The van der Waals surface area contributed by atoms with Crippen molar-refractivity contribution in [3.63, 3.8) is 0 Å². The van der Waals surface area contributed by atoms with E-state index < -0.39 is 0 Å². The SMILES string of the molecule is C=CCc1ccccc1O.CC(C)(C)c1ccc(O)cc1. The maximum Gasteiger partial charge on any atom is 0.119 e. The highest BCUT2D eigenvalue weighted by Crippen LogP contribution is 2.23. The third-order valence-corrected chi connectivity index (χ3v) is 3.09. The van der Waals surface area contributed by atoms with Gasteiger partial charge in [-0.05, 0) is 41.2 Å². The molecule has 2 rings (SSSR count). The Morgan fingerprint density at radius 3 is 2.00 bits per heavy atom. The first kappa shape index (κ1) is 16.8. The molecule has 0 aliphatic carbocycles. The van der Waals surface area contributed by atoms with Crippen LogP contribution in [-0.4, -0.2) is 10.2 Å². The fourth-order valence-corrected chi connectivity index (χ4v) is 1.80. The van der Waals surface area contributed by atoms with Crippen LogP contribution in [0.1, 0.15) is 31.9 Å². The van der Waals surface area contributed by atoms with Gasteiger partial charge in [0.15, 0.2) is 0 Å². The van der Waals surface area contributed by atoms with Crippen molar-refractivity contribution in [2.45, 2.75) is 32.6 Å². The molecule has 2 N–H and O–H groups in total. The fourth-order valence-electron chi connectivity index (χ4n) is 1.80. The highest BCUT2D eigenvalue weighted by atomic mass is 16.3. The third kappa shape index (κ3) is 5.74. The monoisotopic (exact) mass is 284 g/mol. The summed E-state index contributed by atoms with van der Waals surface area (Å²) < 4.78 is 0. The molecule has 0 heterocycles. The molecule has 0 atom stereocenters. The fraction of sp³-hybridized carbons (Fsp3) is 0.263. The Bertz CT molecular complexity index is 563. The van der Waals surface area contributed by atoms with E-state index in [4.69, 9.17) is 5.11 Å². The molecule has 0 saturated heterocycles. The third-order valence-electron chi connectivity index (χ3n) is 3.09. The molecule has 0 aliphatic rings. The minimum atomic E-state index is 0.174. The maximum atomic E-state index is 9.19. The van der Waals surface area contributed by atoms with E-state index in [0.717, 1.165) is 12.0 Å². The number of hydrogen-bond donors (Lipinski definition) is 2. The molecule has 2 heteroatoms. The van der Waals surface area contributed by atoms with E-state index in [0.29, 0.717) is 11.5 Å². The van der Waals surface area contributed by atoms with Gasteiger partial charge in [-0.2, -0.15) is 0 Å². The van der Waals surface area contributed by atoms with Gasteiger partial charge in [0.2, 0.25) is 0 Å². The molecule has 2 aromatic carbocycles. The van der Waals surface area contributed by atoms with Crippen molar-refractivity contribution in [1.82, 2.24) is 0 Å². The highest BCUT2D eigenvalue weighted by Gasteiger charge is 2.12. The van der Waals surface area contributed by atoms with Crippen LogP contribution >= 0.6 is 0 Å². The Balaban J connectivity index is 0.000000211. The molecule has 0 amide bonds. The van der Waals surface area contributed by atoms with E-state index in [1.807, 2.05) is 30.3 Å². The van der Waals surface area contributed by atoms with Gasteiger partial charge in [0, 0.05) is 0 Å². The van der Waals surface area contributed by atoms with Crippen LogP contribution in [-0.2, 0) is 11.8 Å². The first-order valence-electron chi connectivity index (χ1n) is 7.02. The first-order valence-corrected chi connectivity index (χ1v) is 7.02. The molecule has 0 saturated carbocycles. The Kier molecular flexibility index (Phi) is 6.04. The second-order valence-corrected chi connectivity index (χ2v) is 5.92. The van der Waals surface area contributed by atoms with Crippen LogP contribution in [0.25, 0.3) is 0 Å². The lowest BCUT2D eigenvalue weighted by molar-refractivity contribution is 0.469. The summed E-state index contributed by atoms with van der Waals surface area (Å²) in [6, 6.07) is 14.6. The Hall–Kier alpha value is -2.22.